The van der Waals surface area contributed by atoms with E-state index in [2.05, 4.69) is 16.0 Å². The lowest BCUT2D eigenvalue weighted by molar-refractivity contribution is -0.114. The highest BCUT2D eigenvalue weighted by molar-refractivity contribution is 8.00. The molecule has 11 heteroatoms. The summed E-state index contributed by atoms with van der Waals surface area (Å²) in [6.07, 6.45) is 1.55. The highest BCUT2D eigenvalue weighted by atomic mass is 35.5. The van der Waals surface area contributed by atoms with E-state index in [0.717, 1.165) is 0 Å². The van der Waals surface area contributed by atoms with Gasteiger partial charge >= 0.3 is 5.97 Å². The molecule has 218 valence electrons. The second-order valence-corrected chi connectivity index (χ2v) is 10.4. The predicted octanol–water partition coefficient (Wildman–Crippen LogP) is 6.19. The van der Waals surface area contributed by atoms with Gasteiger partial charge in [0, 0.05) is 21.8 Å². The lowest BCUT2D eigenvalue weighted by Crippen LogP contribution is -2.30. The van der Waals surface area contributed by atoms with Crippen LogP contribution in [0.15, 0.2) is 108 Å². The van der Waals surface area contributed by atoms with Gasteiger partial charge in [0.25, 0.3) is 11.8 Å². The number of amides is 3. The Bertz CT molecular complexity index is 1690. The maximum absolute atomic E-state index is 13.4. The van der Waals surface area contributed by atoms with E-state index in [4.69, 9.17) is 16.3 Å². The van der Waals surface area contributed by atoms with Gasteiger partial charge in [0.05, 0.1) is 23.4 Å². The average molecular weight is 616 g/mol. The molecule has 0 saturated carbocycles. The molecule has 9 nitrogen and oxygen atoms in total. The van der Waals surface area contributed by atoms with Crippen LogP contribution in [0.4, 0.5) is 11.4 Å². The molecule has 0 unspecified atom stereocenters. The number of carbonyl (C=O) groups excluding carboxylic acids is 3. The highest BCUT2D eigenvalue weighted by Gasteiger charge is 2.16. The molecule has 0 aromatic heterocycles. The number of ether oxygens (including phenoxy) is 1. The molecule has 3 amide bonds. The number of hydrogen-bond acceptors (Lipinski definition) is 6. The zero-order chi connectivity index (χ0) is 30.8. The first kappa shape index (κ1) is 30.9. The number of benzene rings is 4. The van der Waals surface area contributed by atoms with Crippen LogP contribution in [0, 0.1) is 0 Å². The Morgan fingerprint density at radius 1 is 0.860 bits per heavy atom. The number of halogens is 1. The van der Waals surface area contributed by atoms with E-state index in [1.54, 1.807) is 84.9 Å². The molecule has 4 rings (SSSR count). The molecule has 0 spiro atoms. The van der Waals surface area contributed by atoms with Gasteiger partial charge < -0.3 is 25.8 Å². The highest BCUT2D eigenvalue weighted by Crippen LogP contribution is 2.24. The van der Waals surface area contributed by atoms with E-state index in [9.17, 15) is 24.3 Å². The number of hydrogen-bond donors (Lipinski definition) is 4. The third-order valence-corrected chi connectivity index (χ3v) is 7.20. The van der Waals surface area contributed by atoms with Crippen LogP contribution >= 0.6 is 23.4 Å². The first-order chi connectivity index (χ1) is 20.7. The number of aromatic carboxylic acids is 1. The largest absolute Gasteiger partial charge is 0.497 e. The summed E-state index contributed by atoms with van der Waals surface area (Å²) in [4.78, 5) is 50.8. The molecule has 4 aromatic carbocycles. The maximum Gasteiger partial charge on any atom is 0.337 e. The van der Waals surface area contributed by atoms with Gasteiger partial charge in [0.2, 0.25) is 5.91 Å². The summed E-state index contributed by atoms with van der Waals surface area (Å²) in [6, 6.07) is 26.7. The van der Waals surface area contributed by atoms with E-state index in [-0.39, 0.29) is 27.9 Å². The van der Waals surface area contributed by atoms with Crippen LogP contribution in [0.3, 0.4) is 0 Å². The molecule has 0 bridgehead atoms. The van der Waals surface area contributed by atoms with Crippen LogP contribution in [0.1, 0.15) is 26.3 Å². The molecule has 4 aromatic rings. The first-order valence-electron chi connectivity index (χ1n) is 12.8. The SMILES string of the molecule is COc1cccc(/C=C(\NC(=O)c2ccccc2)C(=O)Nc2cccc(SCC(=O)Nc3ccc(Cl)c(C(=O)O)c3)c2)c1. The Morgan fingerprint density at radius 3 is 2.35 bits per heavy atom. The average Bonchev–Trinajstić information content (AvgIpc) is 3.01. The number of carboxylic acids is 1. The number of methoxy groups -OCH3 is 1. The van der Waals surface area contributed by atoms with Gasteiger partial charge in [-0.15, -0.1) is 11.8 Å². The Balaban J connectivity index is 1.45. The van der Waals surface area contributed by atoms with E-state index in [0.29, 0.717) is 33.1 Å². The molecule has 0 heterocycles. The van der Waals surface area contributed by atoms with E-state index in [1.165, 1.54) is 37.1 Å². The van der Waals surface area contributed by atoms with Gasteiger partial charge in [-0.1, -0.05) is 48.0 Å². The Kier molecular flexibility index (Phi) is 10.6. The summed E-state index contributed by atoms with van der Waals surface area (Å²) >= 11 is 7.11. The molecular formula is C32H26ClN3O6S. The zero-order valence-corrected chi connectivity index (χ0v) is 24.4. The van der Waals surface area contributed by atoms with E-state index < -0.39 is 17.8 Å². The summed E-state index contributed by atoms with van der Waals surface area (Å²) in [5, 5.41) is 17.4. The number of thioether (sulfide) groups is 1. The van der Waals surface area contributed by atoms with Gasteiger partial charge in [-0.3, -0.25) is 14.4 Å². The fraction of sp³-hybridized carbons (Fsp3) is 0.0625. The van der Waals surface area contributed by atoms with E-state index in [1.807, 2.05) is 0 Å². The third-order valence-electron chi connectivity index (χ3n) is 5.88. The van der Waals surface area contributed by atoms with Crippen molar-refractivity contribution in [2.24, 2.45) is 0 Å². The molecule has 0 aliphatic heterocycles. The van der Waals surface area contributed by atoms with E-state index >= 15 is 0 Å². The minimum atomic E-state index is -1.20. The van der Waals surface area contributed by atoms with Crippen molar-refractivity contribution in [1.82, 2.24) is 5.32 Å². The molecule has 0 aliphatic carbocycles. The quantitative estimate of drug-likeness (QED) is 0.117. The van der Waals surface area contributed by atoms with Crippen molar-refractivity contribution < 1.29 is 29.0 Å². The normalized spacial score (nSPS) is 10.9. The maximum atomic E-state index is 13.4. The summed E-state index contributed by atoms with van der Waals surface area (Å²) < 4.78 is 5.27. The number of rotatable bonds is 11. The fourth-order valence-electron chi connectivity index (χ4n) is 3.82. The minimum absolute atomic E-state index is 0.0169. The topological polar surface area (TPSA) is 134 Å². The van der Waals surface area contributed by atoms with Gasteiger partial charge in [-0.2, -0.15) is 0 Å². The monoisotopic (exact) mass is 615 g/mol. The molecule has 4 N–H and O–H groups in total. The molecule has 0 aliphatic rings. The molecule has 0 atom stereocenters. The van der Waals surface area contributed by atoms with Crippen molar-refractivity contribution in [3.63, 3.8) is 0 Å². The van der Waals surface area contributed by atoms with Crippen molar-refractivity contribution in [1.29, 1.82) is 0 Å². The summed E-state index contributed by atoms with van der Waals surface area (Å²) in [5.74, 6) is -1.94. The van der Waals surface area contributed by atoms with Crippen molar-refractivity contribution in [3.8, 4) is 5.75 Å². The fourth-order valence-corrected chi connectivity index (χ4v) is 4.77. The number of carboxylic acid groups (broad SMARTS) is 1. The van der Waals surface area contributed by atoms with Gasteiger partial charge in [-0.05, 0) is 72.3 Å². The van der Waals surface area contributed by atoms with Gasteiger partial charge in [0.15, 0.2) is 0 Å². The third kappa shape index (κ3) is 8.96. The second kappa shape index (κ2) is 14.7. The van der Waals surface area contributed by atoms with Crippen LogP contribution < -0.4 is 20.7 Å². The smallest absolute Gasteiger partial charge is 0.337 e. The standard InChI is InChI=1S/C32H26ClN3O6S/c1-42-24-11-5-7-20(15-24)16-28(36-30(38)21-8-3-2-4-9-21)31(39)35-22-10-6-12-25(17-22)43-19-29(37)34-23-13-14-27(33)26(18-23)32(40)41/h2-18H,19H2,1H3,(H,34,37)(H,35,39)(H,36,38)(H,40,41)/b28-16-. The lowest BCUT2D eigenvalue weighted by atomic mass is 10.1. The minimum Gasteiger partial charge on any atom is -0.497 e. The summed E-state index contributed by atoms with van der Waals surface area (Å²) in [5.41, 5.74) is 1.69. The summed E-state index contributed by atoms with van der Waals surface area (Å²) in [7, 11) is 1.54. The number of carbonyl (C=O) groups is 4. The van der Waals surface area contributed by atoms with Gasteiger partial charge in [-0.25, -0.2) is 4.79 Å². The molecule has 43 heavy (non-hydrogen) atoms. The van der Waals surface area contributed by atoms with Crippen molar-refractivity contribution in [3.05, 3.63) is 124 Å². The van der Waals surface area contributed by atoms with Crippen LogP contribution in [0.5, 0.6) is 5.75 Å². The molecule has 0 saturated heterocycles. The summed E-state index contributed by atoms with van der Waals surface area (Å²) in [6.45, 7) is 0. The van der Waals surface area contributed by atoms with Gasteiger partial charge in [0.1, 0.15) is 11.4 Å². The molecule has 0 fully saturated rings. The van der Waals surface area contributed by atoms with Crippen molar-refractivity contribution >= 4 is 64.5 Å². The van der Waals surface area contributed by atoms with Crippen molar-refractivity contribution in [2.45, 2.75) is 4.90 Å². The molecule has 0 radical (unpaired) electrons. The number of anilines is 2. The molecular weight excluding hydrogens is 590 g/mol. The Morgan fingerprint density at radius 2 is 1.60 bits per heavy atom. The lowest BCUT2D eigenvalue weighted by Gasteiger charge is -2.12. The number of nitrogens with one attached hydrogen (secondary N) is 3. The van der Waals surface area contributed by atoms with Crippen LogP contribution in [0.2, 0.25) is 5.02 Å². The zero-order valence-electron chi connectivity index (χ0n) is 22.8. The van der Waals surface area contributed by atoms with Crippen molar-refractivity contribution in [2.75, 3.05) is 23.5 Å². The second-order valence-electron chi connectivity index (χ2n) is 8.97. The van der Waals surface area contributed by atoms with Crippen LogP contribution in [-0.2, 0) is 9.59 Å². The predicted molar refractivity (Wildman–Crippen MR) is 168 cm³/mol. The van der Waals surface area contributed by atoms with Crippen LogP contribution in [0.25, 0.3) is 6.08 Å². The Hall–Kier alpha value is -5.06. The Labute approximate surface area is 256 Å². The first-order valence-corrected chi connectivity index (χ1v) is 14.2. The van der Waals surface area contributed by atoms with Crippen LogP contribution in [-0.4, -0.2) is 41.7 Å².